The number of ether oxygens (including phenoxy) is 1. The van der Waals surface area contributed by atoms with E-state index < -0.39 is 5.60 Å². The van der Waals surface area contributed by atoms with Crippen molar-refractivity contribution in [2.24, 2.45) is 0 Å². The maximum atomic E-state index is 12.0. The van der Waals surface area contributed by atoms with Crippen molar-refractivity contribution in [3.05, 3.63) is 9.98 Å². The van der Waals surface area contributed by atoms with E-state index >= 15 is 0 Å². The summed E-state index contributed by atoms with van der Waals surface area (Å²) in [5.74, 6) is 0. The van der Waals surface area contributed by atoms with Gasteiger partial charge in [-0.15, -0.1) is 0 Å². The topological polar surface area (TPSA) is 42.4 Å². The van der Waals surface area contributed by atoms with Crippen molar-refractivity contribution in [2.45, 2.75) is 39.7 Å². The number of carbonyl (C=O) groups is 1. The van der Waals surface area contributed by atoms with Crippen molar-refractivity contribution in [1.29, 1.82) is 0 Å². The van der Waals surface area contributed by atoms with Crippen molar-refractivity contribution < 1.29 is 9.53 Å². The molecule has 0 unspecified atom stereocenters. The highest BCUT2D eigenvalue weighted by Crippen LogP contribution is 2.27. The van der Waals surface area contributed by atoms with Crippen LogP contribution in [0.15, 0.2) is 9.98 Å². The van der Waals surface area contributed by atoms with Crippen LogP contribution in [0.1, 0.15) is 34.1 Å². The zero-order valence-corrected chi connectivity index (χ0v) is 12.9. The van der Waals surface area contributed by atoms with Crippen molar-refractivity contribution in [1.82, 2.24) is 4.98 Å². The van der Waals surface area contributed by atoms with Crippen molar-refractivity contribution in [3.63, 3.8) is 0 Å². The zero-order valence-electron chi connectivity index (χ0n) is 10.5. The number of halogens is 1. The van der Waals surface area contributed by atoms with Gasteiger partial charge in [0.15, 0.2) is 5.13 Å². The second kappa shape index (κ2) is 5.82. The fourth-order valence-corrected chi connectivity index (χ4v) is 2.37. The fourth-order valence-electron chi connectivity index (χ4n) is 1.18. The van der Waals surface area contributed by atoms with Crippen molar-refractivity contribution >= 4 is 38.5 Å². The van der Waals surface area contributed by atoms with Gasteiger partial charge >= 0.3 is 6.09 Å². The predicted molar refractivity (Wildman–Crippen MR) is 73.7 cm³/mol. The Labute approximate surface area is 114 Å². The Hall–Kier alpha value is -0.620. The van der Waals surface area contributed by atoms with Crippen LogP contribution < -0.4 is 4.90 Å². The third-order valence-corrected chi connectivity index (χ3v) is 3.26. The molecule has 0 saturated heterocycles. The highest BCUT2D eigenvalue weighted by Gasteiger charge is 2.24. The van der Waals surface area contributed by atoms with Crippen LogP contribution >= 0.6 is 27.3 Å². The molecule has 1 heterocycles. The van der Waals surface area contributed by atoms with E-state index in [1.54, 1.807) is 11.1 Å². The number of amides is 1. The molecule has 0 aliphatic heterocycles. The van der Waals surface area contributed by atoms with Gasteiger partial charge in [0.2, 0.25) is 0 Å². The molecule has 1 amide bonds. The largest absolute Gasteiger partial charge is 0.443 e. The smallest absolute Gasteiger partial charge is 0.416 e. The van der Waals surface area contributed by atoms with E-state index in [4.69, 9.17) is 4.74 Å². The first kappa shape index (κ1) is 14.4. The molecule has 0 aliphatic carbocycles. The molecule has 0 spiro atoms. The number of hydrogen-bond donors (Lipinski definition) is 0. The molecule has 0 aromatic carbocycles. The van der Waals surface area contributed by atoms with Crippen LogP contribution in [-0.4, -0.2) is 23.2 Å². The summed E-state index contributed by atoms with van der Waals surface area (Å²) in [5.41, 5.74) is -0.489. The summed E-state index contributed by atoms with van der Waals surface area (Å²) in [7, 11) is 0. The summed E-state index contributed by atoms with van der Waals surface area (Å²) < 4.78 is 6.25. The van der Waals surface area contributed by atoms with Gasteiger partial charge in [0.1, 0.15) is 5.60 Å². The summed E-state index contributed by atoms with van der Waals surface area (Å²) in [4.78, 5) is 17.8. The minimum Gasteiger partial charge on any atom is -0.443 e. The molecule has 1 aromatic rings. The van der Waals surface area contributed by atoms with Gasteiger partial charge in [-0.05, 0) is 43.1 Å². The monoisotopic (exact) mass is 320 g/mol. The van der Waals surface area contributed by atoms with Gasteiger partial charge in [-0.2, -0.15) is 0 Å². The average molecular weight is 321 g/mol. The maximum absolute atomic E-state index is 12.0. The minimum atomic E-state index is -0.489. The second-order valence-electron chi connectivity index (χ2n) is 4.58. The molecule has 0 N–H and O–H groups in total. The molecule has 0 saturated carbocycles. The van der Waals surface area contributed by atoms with E-state index in [2.05, 4.69) is 20.9 Å². The zero-order chi connectivity index (χ0) is 13.1. The van der Waals surface area contributed by atoms with Gasteiger partial charge in [-0.1, -0.05) is 18.3 Å². The van der Waals surface area contributed by atoms with Gasteiger partial charge in [0.05, 0.1) is 9.98 Å². The summed E-state index contributed by atoms with van der Waals surface area (Å²) in [6.45, 7) is 8.18. The molecule has 6 heteroatoms. The summed E-state index contributed by atoms with van der Waals surface area (Å²) in [6, 6.07) is 0. The lowest BCUT2D eigenvalue weighted by Gasteiger charge is -2.25. The van der Waals surface area contributed by atoms with E-state index in [-0.39, 0.29) is 6.09 Å². The average Bonchev–Trinajstić information content (AvgIpc) is 2.58. The van der Waals surface area contributed by atoms with Crippen LogP contribution in [0, 0.1) is 0 Å². The molecule has 17 heavy (non-hydrogen) atoms. The molecule has 0 atom stereocenters. The number of hydrogen-bond acceptors (Lipinski definition) is 4. The van der Waals surface area contributed by atoms with E-state index in [0.717, 1.165) is 10.2 Å². The lowest BCUT2D eigenvalue weighted by molar-refractivity contribution is 0.0580. The van der Waals surface area contributed by atoms with Gasteiger partial charge in [-0.3, -0.25) is 4.90 Å². The molecule has 1 rings (SSSR count). The molecule has 0 radical (unpaired) electrons. The van der Waals surface area contributed by atoms with Crippen LogP contribution in [0.2, 0.25) is 0 Å². The van der Waals surface area contributed by atoms with Gasteiger partial charge in [0.25, 0.3) is 0 Å². The highest BCUT2D eigenvalue weighted by molar-refractivity contribution is 9.11. The predicted octanol–water partition coefficient (Wildman–Crippen LogP) is 4.06. The number of anilines is 1. The first-order chi connectivity index (χ1) is 7.83. The second-order valence-corrected chi connectivity index (χ2v) is 6.97. The molecular formula is C11H17BrN2O2S. The van der Waals surface area contributed by atoms with Crippen LogP contribution in [0.3, 0.4) is 0 Å². The lowest BCUT2D eigenvalue weighted by Crippen LogP contribution is -2.37. The molecule has 0 aliphatic rings. The first-order valence-corrected chi connectivity index (χ1v) is 7.06. The Morgan fingerprint density at radius 3 is 2.65 bits per heavy atom. The quantitative estimate of drug-likeness (QED) is 0.843. The van der Waals surface area contributed by atoms with Crippen molar-refractivity contribution in [3.8, 4) is 0 Å². The molecule has 1 aromatic heterocycles. The SMILES string of the molecule is CCCN(C(=O)OC(C)(C)C)c1ncc(Br)s1. The Bertz CT molecular complexity index is 387. The molecule has 96 valence electrons. The molecule has 0 bridgehead atoms. The molecular weight excluding hydrogens is 304 g/mol. The number of carbonyl (C=O) groups excluding carboxylic acids is 1. The van der Waals surface area contributed by atoms with Crippen LogP contribution in [0.25, 0.3) is 0 Å². The maximum Gasteiger partial charge on any atom is 0.416 e. The third kappa shape index (κ3) is 4.63. The Kier molecular flexibility index (Phi) is 4.94. The number of nitrogens with zero attached hydrogens (tertiary/aromatic N) is 2. The Morgan fingerprint density at radius 1 is 1.59 bits per heavy atom. The standard InChI is InChI=1S/C11H17BrN2O2S/c1-5-6-14(9-13-7-8(12)17-9)10(15)16-11(2,3)4/h7H,5-6H2,1-4H3. The van der Waals surface area contributed by atoms with Gasteiger partial charge in [-0.25, -0.2) is 9.78 Å². The number of rotatable bonds is 3. The summed E-state index contributed by atoms with van der Waals surface area (Å²) in [6.07, 6.45) is 2.20. The summed E-state index contributed by atoms with van der Waals surface area (Å²) >= 11 is 4.76. The Morgan fingerprint density at radius 2 is 2.24 bits per heavy atom. The van der Waals surface area contributed by atoms with E-state index in [1.165, 1.54) is 11.3 Å². The highest BCUT2D eigenvalue weighted by atomic mass is 79.9. The minimum absolute atomic E-state index is 0.346. The van der Waals surface area contributed by atoms with E-state index in [9.17, 15) is 4.79 Å². The van der Waals surface area contributed by atoms with Gasteiger partial charge in [0, 0.05) is 6.54 Å². The van der Waals surface area contributed by atoms with Crippen LogP contribution in [0.5, 0.6) is 0 Å². The normalized spacial score (nSPS) is 11.4. The Balaban J connectivity index is 2.82. The molecule has 4 nitrogen and oxygen atoms in total. The number of thiazole rings is 1. The summed E-state index contributed by atoms with van der Waals surface area (Å²) in [5, 5.41) is 0.660. The van der Waals surface area contributed by atoms with Crippen molar-refractivity contribution in [2.75, 3.05) is 11.4 Å². The third-order valence-electron chi connectivity index (χ3n) is 1.76. The number of aromatic nitrogens is 1. The first-order valence-electron chi connectivity index (χ1n) is 5.45. The van der Waals surface area contributed by atoms with Crippen LogP contribution in [0.4, 0.5) is 9.93 Å². The van der Waals surface area contributed by atoms with Gasteiger partial charge < -0.3 is 4.74 Å². The van der Waals surface area contributed by atoms with E-state index in [1.807, 2.05) is 27.7 Å². The molecule has 0 fully saturated rings. The lowest BCUT2D eigenvalue weighted by atomic mass is 10.2. The van der Waals surface area contributed by atoms with E-state index in [0.29, 0.717) is 11.7 Å². The van der Waals surface area contributed by atoms with Crippen LogP contribution in [-0.2, 0) is 4.74 Å². The fraction of sp³-hybridized carbons (Fsp3) is 0.636.